The van der Waals surface area contributed by atoms with Crippen molar-refractivity contribution in [2.75, 3.05) is 4.90 Å². The Labute approximate surface area is 449 Å². The van der Waals surface area contributed by atoms with Gasteiger partial charge in [-0.05, 0) is 106 Å². The van der Waals surface area contributed by atoms with Crippen LogP contribution in [-0.4, -0.2) is 16.1 Å². The molecule has 1 nitrogen and oxygen atoms in total. The standard InChI is InChI=1S/C72H55NSi2/c1-9-29-56(30-10-1)71-49-25-26-50-72(71)73(61-33-11-2-12-34-61)62-52-59(57-31-27-47-69(54-57)74(63-35-13-3-14-36-63,64-37-15-4-16-38-64)65-39-17-5-18-40-65)51-60(53-62)58-32-28-48-70(55-58)75(66-41-19-6-20-42-66,67-43-21-7-22-44-67)68-45-23-8-24-46-68/h1-55H/i27D,31D,47D,54D. The SMILES string of the molecule is [2H]c1c([2H])c(-c2cc(-c3cccc([Si](c4ccccc4)(c4ccccc4)c4ccccc4)c3)cc(N(c3ccccc3)c3ccccc3-c3ccccc3)c2)c([2H])c([Si](c2ccccc2)(c2ccccc2)c2ccccc2)c1[2H]. The Hall–Kier alpha value is -9.13. The molecule has 0 aliphatic carbocycles. The van der Waals surface area contributed by atoms with Crippen LogP contribution in [0.2, 0.25) is 0 Å². The monoisotopic (exact) mass is 993 g/mol. The molecule has 0 amide bonds. The van der Waals surface area contributed by atoms with E-state index in [1.54, 1.807) is 0 Å². The molecule has 0 aliphatic heterocycles. The molecule has 0 aliphatic rings. The predicted molar refractivity (Wildman–Crippen MR) is 325 cm³/mol. The van der Waals surface area contributed by atoms with E-state index in [0.29, 0.717) is 16.3 Å². The van der Waals surface area contributed by atoms with Crippen LogP contribution in [0.5, 0.6) is 0 Å². The van der Waals surface area contributed by atoms with Crippen molar-refractivity contribution in [2.24, 2.45) is 0 Å². The van der Waals surface area contributed by atoms with Gasteiger partial charge in [0.05, 0.1) is 11.2 Å². The summed E-state index contributed by atoms with van der Waals surface area (Å²) in [4.78, 5) is 2.28. The summed E-state index contributed by atoms with van der Waals surface area (Å²) in [6.45, 7) is 0. The van der Waals surface area contributed by atoms with Gasteiger partial charge in [-0.1, -0.05) is 297 Å². The highest BCUT2D eigenvalue weighted by atomic mass is 28.3. The second-order valence-electron chi connectivity index (χ2n) is 18.8. The number of nitrogens with zero attached hydrogens (tertiary/aromatic N) is 1. The van der Waals surface area contributed by atoms with Crippen molar-refractivity contribution in [2.45, 2.75) is 0 Å². The first kappa shape index (κ1) is 42.4. The van der Waals surface area contributed by atoms with Crippen LogP contribution in [0.15, 0.2) is 334 Å². The third-order valence-corrected chi connectivity index (χ3v) is 24.0. The lowest BCUT2D eigenvalue weighted by atomic mass is 9.96. The Morgan fingerprint density at radius 1 is 0.253 bits per heavy atom. The van der Waals surface area contributed by atoms with Gasteiger partial charge < -0.3 is 4.90 Å². The topological polar surface area (TPSA) is 3.24 Å². The molecule has 0 aromatic heterocycles. The van der Waals surface area contributed by atoms with Crippen LogP contribution < -0.4 is 46.4 Å². The number of para-hydroxylation sites is 2. The molecule has 0 heterocycles. The van der Waals surface area contributed by atoms with Gasteiger partial charge in [-0.15, -0.1) is 0 Å². The van der Waals surface area contributed by atoms with E-state index in [0.717, 1.165) is 54.9 Å². The fraction of sp³-hybridized carbons (Fsp3) is 0. The van der Waals surface area contributed by atoms with Gasteiger partial charge in [0.15, 0.2) is 16.1 Å². The Balaban J connectivity index is 1.19. The Bertz CT molecular complexity index is 3850. The highest BCUT2D eigenvalue weighted by Gasteiger charge is 2.43. The van der Waals surface area contributed by atoms with Crippen LogP contribution in [-0.2, 0) is 0 Å². The van der Waals surface area contributed by atoms with Gasteiger partial charge >= 0.3 is 0 Å². The molecular weight excluding hydrogens is 935 g/mol. The fourth-order valence-corrected chi connectivity index (χ4v) is 20.6. The number of benzene rings is 12. The molecule has 0 radical (unpaired) electrons. The van der Waals surface area contributed by atoms with Crippen LogP contribution in [0.4, 0.5) is 17.1 Å². The maximum atomic E-state index is 10.8. The Morgan fingerprint density at radius 2 is 0.627 bits per heavy atom. The maximum Gasteiger partial charge on any atom is 0.179 e. The molecule has 356 valence electrons. The van der Waals surface area contributed by atoms with Gasteiger partial charge in [-0.2, -0.15) is 0 Å². The molecule has 0 bridgehead atoms. The molecule has 0 atom stereocenters. The quantitative estimate of drug-likeness (QED) is 0.0775. The van der Waals surface area contributed by atoms with E-state index in [1.165, 1.54) is 20.7 Å². The summed E-state index contributed by atoms with van der Waals surface area (Å²) in [6, 6.07) is 108. The molecule has 0 unspecified atom stereocenters. The van der Waals surface area contributed by atoms with Crippen LogP contribution in [0.25, 0.3) is 33.4 Å². The fourth-order valence-electron chi connectivity index (χ4n) is 11.3. The van der Waals surface area contributed by atoms with Crippen molar-refractivity contribution < 1.29 is 5.48 Å². The third kappa shape index (κ3) is 8.89. The Kier molecular flexibility index (Phi) is 12.0. The molecule has 12 aromatic carbocycles. The molecule has 0 saturated heterocycles. The van der Waals surface area contributed by atoms with E-state index in [9.17, 15) is 5.48 Å². The summed E-state index contributed by atoms with van der Waals surface area (Å²) in [5, 5.41) is 8.42. The number of hydrogen-bond acceptors (Lipinski definition) is 1. The van der Waals surface area contributed by atoms with Gasteiger partial charge in [0, 0.05) is 16.9 Å². The number of rotatable bonds is 14. The lowest BCUT2D eigenvalue weighted by Gasteiger charge is -2.35. The van der Waals surface area contributed by atoms with Crippen LogP contribution in [0.1, 0.15) is 5.48 Å². The number of anilines is 3. The van der Waals surface area contributed by atoms with Crippen molar-refractivity contribution >= 4 is 74.7 Å². The van der Waals surface area contributed by atoms with E-state index in [-0.39, 0.29) is 24.2 Å². The summed E-state index contributed by atoms with van der Waals surface area (Å²) >= 11 is 0. The maximum absolute atomic E-state index is 10.8. The predicted octanol–water partition coefficient (Wildman–Crippen LogP) is 12.9. The second-order valence-corrected chi connectivity index (χ2v) is 26.4. The van der Waals surface area contributed by atoms with Crippen molar-refractivity contribution in [1.82, 2.24) is 0 Å². The van der Waals surface area contributed by atoms with Crippen LogP contribution in [0.3, 0.4) is 0 Å². The van der Waals surface area contributed by atoms with E-state index in [2.05, 4.69) is 248 Å². The zero-order valence-corrected chi connectivity index (χ0v) is 43.4. The molecule has 12 aromatic rings. The van der Waals surface area contributed by atoms with Gasteiger partial charge in [-0.25, -0.2) is 0 Å². The van der Waals surface area contributed by atoms with Crippen molar-refractivity contribution in [3.05, 3.63) is 334 Å². The zero-order valence-electron chi connectivity index (χ0n) is 45.4. The molecule has 75 heavy (non-hydrogen) atoms. The summed E-state index contributed by atoms with van der Waals surface area (Å²) in [6.07, 6.45) is 0. The minimum Gasteiger partial charge on any atom is -0.310 e. The van der Waals surface area contributed by atoms with E-state index < -0.39 is 16.1 Å². The van der Waals surface area contributed by atoms with Crippen molar-refractivity contribution in [1.29, 1.82) is 0 Å². The van der Waals surface area contributed by atoms with Gasteiger partial charge in [0.25, 0.3) is 0 Å². The summed E-state index contributed by atoms with van der Waals surface area (Å²) < 4.78 is 40.8. The smallest absolute Gasteiger partial charge is 0.179 e. The lowest BCUT2D eigenvalue weighted by molar-refractivity contribution is 1.28. The molecule has 12 rings (SSSR count). The zero-order chi connectivity index (χ0) is 53.8. The average Bonchev–Trinajstić information content (AvgIpc) is 3.66. The Morgan fingerprint density at radius 3 is 1.11 bits per heavy atom. The van der Waals surface area contributed by atoms with Gasteiger partial charge in [0.2, 0.25) is 0 Å². The summed E-state index contributed by atoms with van der Waals surface area (Å²) in [5.74, 6) is 0. The molecule has 3 heteroatoms. The molecule has 0 fully saturated rings. The van der Waals surface area contributed by atoms with Crippen molar-refractivity contribution in [3.63, 3.8) is 0 Å². The highest BCUT2D eigenvalue weighted by molar-refractivity contribution is 7.20. The summed E-state index contributed by atoms with van der Waals surface area (Å²) in [5.41, 5.74) is 7.54. The largest absolute Gasteiger partial charge is 0.310 e. The van der Waals surface area contributed by atoms with E-state index in [1.807, 2.05) is 66.7 Å². The average molecular weight is 994 g/mol. The molecule has 0 N–H and O–H groups in total. The minimum atomic E-state index is -3.58. The lowest BCUT2D eigenvalue weighted by Crippen LogP contribution is -2.74. The minimum absolute atomic E-state index is 0.0747. The normalized spacial score (nSPS) is 12.2. The van der Waals surface area contributed by atoms with E-state index in [4.69, 9.17) is 0 Å². The number of hydrogen-bond donors (Lipinski definition) is 0. The highest BCUT2D eigenvalue weighted by Crippen LogP contribution is 2.43. The molecule has 0 spiro atoms. The van der Waals surface area contributed by atoms with Gasteiger partial charge in [-0.3, -0.25) is 0 Å². The van der Waals surface area contributed by atoms with Crippen LogP contribution >= 0.6 is 0 Å². The van der Waals surface area contributed by atoms with Crippen LogP contribution in [0, 0.1) is 0 Å². The molecule has 0 saturated carbocycles. The molecular formula is C72H55NSi2. The first-order valence-corrected chi connectivity index (χ1v) is 29.6. The second kappa shape index (κ2) is 21.1. The van der Waals surface area contributed by atoms with Crippen molar-refractivity contribution in [3.8, 4) is 33.4 Å². The third-order valence-electron chi connectivity index (χ3n) is 14.6. The first-order chi connectivity index (χ1) is 38.9. The van der Waals surface area contributed by atoms with E-state index >= 15 is 0 Å². The van der Waals surface area contributed by atoms with Gasteiger partial charge in [0.1, 0.15) is 0 Å². The summed E-state index contributed by atoms with van der Waals surface area (Å²) in [7, 11) is -6.58. The first-order valence-electron chi connectivity index (χ1n) is 27.6.